The Balaban J connectivity index is 1.67. The van der Waals surface area contributed by atoms with E-state index in [-0.39, 0.29) is 12.5 Å². The van der Waals surface area contributed by atoms with Crippen molar-refractivity contribution in [2.24, 2.45) is 0 Å². The molecule has 0 saturated heterocycles. The first kappa shape index (κ1) is 21.1. The van der Waals surface area contributed by atoms with Gasteiger partial charge in [0.1, 0.15) is 11.3 Å². The normalized spacial score (nSPS) is 11.6. The van der Waals surface area contributed by atoms with Crippen molar-refractivity contribution in [1.82, 2.24) is 15.1 Å². The van der Waals surface area contributed by atoms with E-state index in [9.17, 15) is 9.59 Å². The second-order valence-corrected chi connectivity index (χ2v) is 6.87. The number of rotatable bonds is 7. The number of amides is 1. The molecule has 2 aromatic carbocycles. The molecule has 156 valence electrons. The summed E-state index contributed by atoms with van der Waals surface area (Å²) >= 11 is 0. The Labute approximate surface area is 175 Å². The van der Waals surface area contributed by atoms with Crippen molar-refractivity contribution >= 4 is 11.9 Å². The molecule has 7 heteroatoms. The quantitative estimate of drug-likeness (QED) is 0.608. The highest BCUT2D eigenvalue weighted by Gasteiger charge is 2.25. The van der Waals surface area contributed by atoms with Gasteiger partial charge in [0.05, 0.1) is 24.2 Å². The maximum atomic E-state index is 12.7. The molecule has 0 spiro atoms. The SMILES string of the molecule is COc1ccccc1CNC(=O)C(C)OC(=O)c1c(C)nn(-c2ccccc2)c1C. The summed E-state index contributed by atoms with van der Waals surface area (Å²) in [6.07, 6.45) is -0.953. The summed E-state index contributed by atoms with van der Waals surface area (Å²) in [5.74, 6) is -0.283. The van der Waals surface area contributed by atoms with E-state index in [1.54, 1.807) is 32.6 Å². The molecule has 1 N–H and O–H groups in total. The third kappa shape index (κ3) is 4.51. The summed E-state index contributed by atoms with van der Waals surface area (Å²) < 4.78 is 12.4. The van der Waals surface area contributed by atoms with Gasteiger partial charge in [0, 0.05) is 12.1 Å². The van der Waals surface area contributed by atoms with Gasteiger partial charge in [-0.05, 0) is 39.0 Å². The lowest BCUT2D eigenvalue weighted by Crippen LogP contribution is -2.35. The lowest BCUT2D eigenvalue weighted by atomic mass is 10.2. The van der Waals surface area contributed by atoms with Gasteiger partial charge >= 0.3 is 5.97 Å². The van der Waals surface area contributed by atoms with Crippen molar-refractivity contribution in [2.75, 3.05) is 7.11 Å². The number of aryl methyl sites for hydroxylation is 1. The van der Waals surface area contributed by atoms with E-state index in [1.807, 2.05) is 54.6 Å². The molecule has 0 aliphatic heterocycles. The summed E-state index contributed by atoms with van der Waals surface area (Å²) in [7, 11) is 1.57. The fourth-order valence-corrected chi connectivity index (χ4v) is 3.21. The van der Waals surface area contributed by atoms with E-state index in [4.69, 9.17) is 9.47 Å². The number of methoxy groups -OCH3 is 1. The molecule has 0 radical (unpaired) electrons. The average Bonchev–Trinajstić information content (AvgIpc) is 3.06. The predicted octanol–water partition coefficient (Wildman–Crippen LogP) is 3.36. The summed E-state index contributed by atoms with van der Waals surface area (Å²) in [6.45, 7) is 5.36. The number of esters is 1. The Morgan fingerprint density at radius 3 is 2.43 bits per heavy atom. The second kappa shape index (κ2) is 9.26. The first-order valence-corrected chi connectivity index (χ1v) is 9.64. The van der Waals surface area contributed by atoms with E-state index in [1.165, 1.54) is 0 Å². The second-order valence-electron chi connectivity index (χ2n) is 6.87. The van der Waals surface area contributed by atoms with E-state index < -0.39 is 12.1 Å². The number of nitrogens with zero attached hydrogens (tertiary/aromatic N) is 2. The largest absolute Gasteiger partial charge is 0.496 e. The van der Waals surface area contributed by atoms with Crippen molar-refractivity contribution in [3.63, 3.8) is 0 Å². The smallest absolute Gasteiger partial charge is 0.342 e. The highest BCUT2D eigenvalue weighted by atomic mass is 16.5. The van der Waals surface area contributed by atoms with Gasteiger partial charge in [0.25, 0.3) is 5.91 Å². The summed E-state index contributed by atoms with van der Waals surface area (Å²) in [6, 6.07) is 16.9. The molecular formula is C23H25N3O4. The minimum atomic E-state index is -0.953. The van der Waals surface area contributed by atoms with Gasteiger partial charge in [-0.3, -0.25) is 4.79 Å². The Morgan fingerprint density at radius 1 is 1.07 bits per heavy atom. The standard InChI is InChI=1S/C23H25N3O4/c1-15-21(16(2)26(25-15)19-11-6-5-7-12-19)23(28)30-17(3)22(27)24-14-18-10-8-9-13-20(18)29-4/h5-13,17H,14H2,1-4H3,(H,24,27). The third-order valence-electron chi connectivity index (χ3n) is 4.79. The molecule has 3 rings (SSSR count). The van der Waals surface area contributed by atoms with Gasteiger partial charge in [-0.25, -0.2) is 9.48 Å². The first-order chi connectivity index (χ1) is 14.4. The first-order valence-electron chi connectivity index (χ1n) is 9.64. The lowest BCUT2D eigenvalue weighted by molar-refractivity contribution is -0.129. The van der Waals surface area contributed by atoms with Gasteiger partial charge in [0.15, 0.2) is 6.10 Å². The summed E-state index contributed by atoms with van der Waals surface area (Å²) in [5, 5.41) is 7.22. The van der Waals surface area contributed by atoms with Crippen molar-refractivity contribution in [2.45, 2.75) is 33.4 Å². The van der Waals surface area contributed by atoms with Crippen molar-refractivity contribution < 1.29 is 19.1 Å². The van der Waals surface area contributed by atoms with E-state index >= 15 is 0 Å². The lowest BCUT2D eigenvalue weighted by Gasteiger charge is -2.15. The Morgan fingerprint density at radius 2 is 1.73 bits per heavy atom. The molecule has 0 bridgehead atoms. The number of benzene rings is 2. The van der Waals surface area contributed by atoms with Crippen molar-refractivity contribution in [1.29, 1.82) is 0 Å². The van der Waals surface area contributed by atoms with Crippen molar-refractivity contribution in [3.05, 3.63) is 77.1 Å². The maximum Gasteiger partial charge on any atom is 0.342 e. The fourth-order valence-electron chi connectivity index (χ4n) is 3.21. The molecule has 0 aliphatic rings. The average molecular weight is 407 g/mol. The van der Waals surface area contributed by atoms with Crippen LogP contribution in [-0.4, -0.2) is 34.9 Å². The molecule has 1 unspecified atom stereocenters. The number of carbonyl (C=O) groups excluding carboxylic acids is 2. The van der Waals surface area contributed by atoms with Crippen LogP contribution in [0.3, 0.4) is 0 Å². The maximum absolute atomic E-state index is 12.7. The van der Waals surface area contributed by atoms with Crippen LogP contribution in [0.4, 0.5) is 0 Å². The molecule has 1 amide bonds. The van der Waals surface area contributed by atoms with Crippen LogP contribution in [0, 0.1) is 13.8 Å². The van der Waals surface area contributed by atoms with E-state index in [0.29, 0.717) is 22.7 Å². The fraction of sp³-hybridized carbons (Fsp3) is 0.261. The molecule has 3 aromatic rings. The van der Waals surface area contributed by atoms with Gasteiger partial charge < -0.3 is 14.8 Å². The number of carbonyl (C=O) groups is 2. The Bertz CT molecular complexity index is 1040. The molecule has 0 aliphatic carbocycles. The zero-order chi connectivity index (χ0) is 21.7. The zero-order valence-corrected chi connectivity index (χ0v) is 17.5. The number of aromatic nitrogens is 2. The molecular weight excluding hydrogens is 382 g/mol. The molecule has 30 heavy (non-hydrogen) atoms. The molecule has 1 atom stereocenters. The number of nitrogens with one attached hydrogen (secondary N) is 1. The zero-order valence-electron chi connectivity index (χ0n) is 17.5. The molecule has 0 saturated carbocycles. The third-order valence-corrected chi connectivity index (χ3v) is 4.79. The van der Waals surface area contributed by atoms with Gasteiger partial charge in [0.2, 0.25) is 0 Å². The Kier molecular flexibility index (Phi) is 6.51. The highest BCUT2D eigenvalue weighted by molar-refractivity contribution is 5.94. The number of hydrogen-bond donors (Lipinski definition) is 1. The predicted molar refractivity (Wildman–Crippen MR) is 113 cm³/mol. The van der Waals surface area contributed by atoms with Crippen LogP contribution in [0.2, 0.25) is 0 Å². The Hall–Kier alpha value is -3.61. The molecule has 0 fully saturated rings. The van der Waals surface area contributed by atoms with E-state index in [0.717, 1.165) is 11.3 Å². The minimum Gasteiger partial charge on any atom is -0.496 e. The van der Waals surface area contributed by atoms with Gasteiger partial charge in [-0.15, -0.1) is 0 Å². The van der Waals surface area contributed by atoms with Crippen LogP contribution in [-0.2, 0) is 16.1 Å². The van der Waals surface area contributed by atoms with Gasteiger partial charge in [-0.1, -0.05) is 36.4 Å². The highest BCUT2D eigenvalue weighted by Crippen LogP contribution is 2.20. The minimum absolute atomic E-state index is 0.273. The summed E-state index contributed by atoms with van der Waals surface area (Å²) in [5.41, 5.74) is 3.25. The number of hydrogen-bond acceptors (Lipinski definition) is 5. The number of para-hydroxylation sites is 2. The number of ether oxygens (including phenoxy) is 2. The van der Waals surface area contributed by atoms with Crippen LogP contribution in [0.25, 0.3) is 5.69 Å². The van der Waals surface area contributed by atoms with Gasteiger partial charge in [-0.2, -0.15) is 5.10 Å². The molecule has 1 heterocycles. The van der Waals surface area contributed by atoms with Crippen LogP contribution < -0.4 is 10.1 Å². The monoisotopic (exact) mass is 407 g/mol. The van der Waals surface area contributed by atoms with Crippen LogP contribution in [0.5, 0.6) is 5.75 Å². The van der Waals surface area contributed by atoms with E-state index in [2.05, 4.69) is 10.4 Å². The van der Waals surface area contributed by atoms with Crippen molar-refractivity contribution in [3.8, 4) is 11.4 Å². The van der Waals surface area contributed by atoms with Crippen LogP contribution in [0.1, 0.15) is 34.2 Å². The molecule has 1 aromatic heterocycles. The van der Waals surface area contributed by atoms with Crippen LogP contribution >= 0.6 is 0 Å². The topological polar surface area (TPSA) is 82.4 Å². The summed E-state index contributed by atoms with van der Waals surface area (Å²) in [4.78, 5) is 25.2. The molecule has 7 nitrogen and oxygen atoms in total. The van der Waals surface area contributed by atoms with Crippen LogP contribution in [0.15, 0.2) is 54.6 Å².